The predicted molar refractivity (Wildman–Crippen MR) is 113 cm³/mol. The van der Waals surface area contributed by atoms with Gasteiger partial charge in [0.15, 0.2) is 0 Å². The van der Waals surface area contributed by atoms with Crippen LogP contribution in [0.1, 0.15) is 0 Å². The van der Waals surface area contributed by atoms with Crippen LogP contribution in [0, 0.1) is 0 Å². The Bertz CT molecular complexity index is 963. The zero-order valence-electron chi connectivity index (χ0n) is 17.4. The molecule has 164 valence electrons. The Hall–Kier alpha value is -3.14. The van der Waals surface area contributed by atoms with Crippen LogP contribution < -0.4 is 28.6 Å². The third kappa shape index (κ3) is 6.45. The van der Waals surface area contributed by atoms with Crippen LogP contribution >= 0.6 is 0 Å². The van der Waals surface area contributed by atoms with Crippen molar-refractivity contribution in [3.63, 3.8) is 0 Å². The van der Waals surface area contributed by atoms with Crippen molar-refractivity contribution in [2.75, 3.05) is 51.6 Å². The molecule has 0 atom stereocenters. The fourth-order valence-corrected chi connectivity index (χ4v) is 3.47. The van der Waals surface area contributed by atoms with Gasteiger partial charge in [-0.1, -0.05) is 6.07 Å². The van der Waals surface area contributed by atoms with Crippen LogP contribution in [0.25, 0.3) is 0 Å². The van der Waals surface area contributed by atoms with Crippen molar-refractivity contribution in [2.24, 2.45) is 0 Å². The number of sulfonamides is 1. The van der Waals surface area contributed by atoms with Gasteiger partial charge < -0.3 is 24.3 Å². The minimum absolute atomic E-state index is 0.202. The normalized spacial score (nSPS) is 10.8. The molecule has 2 rings (SSSR count). The summed E-state index contributed by atoms with van der Waals surface area (Å²) in [5.41, 5.74) is 0.239. The van der Waals surface area contributed by atoms with Crippen LogP contribution in [0.15, 0.2) is 42.5 Å². The van der Waals surface area contributed by atoms with Crippen molar-refractivity contribution >= 4 is 21.6 Å². The predicted octanol–water partition coefficient (Wildman–Crippen LogP) is 1.67. The molecule has 0 aliphatic heterocycles. The molecule has 1 amide bonds. The summed E-state index contributed by atoms with van der Waals surface area (Å²) in [5, 5.41) is 2.65. The van der Waals surface area contributed by atoms with E-state index in [2.05, 4.69) is 5.32 Å². The van der Waals surface area contributed by atoms with Gasteiger partial charge in [0.1, 0.15) is 36.1 Å². The molecule has 0 spiro atoms. The Labute approximate surface area is 176 Å². The molecule has 0 unspecified atom stereocenters. The summed E-state index contributed by atoms with van der Waals surface area (Å²) in [5.74, 6) is 1.56. The van der Waals surface area contributed by atoms with E-state index in [0.29, 0.717) is 17.2 Å². The van der Waals surface area contributed by atoms with Gasteiger partial charge in [-0.15, -0.1) is 0 Å². The molecule has 0 fully saturated rings. The van der Waals surface area contributed by atoms with Gasteiger partial charge in [-0.05, 0) is 24.3 Å². The molecule has 0 aromatic heterocycles. The highest BCUT2D eigenvalue weighted by Gasteiger charge is 2.24. The van der Waals surface area contributed by atoms with E-state index < -0.39 is 22.5 Å². The number of nitrogens with one attached hydrogen (secondary N) is 1. The zero-order valence-corrected chi connectivity index (χ0v) is 18.2. The van der Waals surface area contributed by atoms with Gasteiger partial charge in [0.05, 0.1) is 39.8 Å². The molecular formula is C20H26N2O7S. The number of carbonyl (C=O) groups is 1. The summed E-state index contributed by atoms with van der Waals surface area (Å²) in [4.78, 5) is 12.3. The molecule has 0 saturated carbocycles. The lowest BCUT2D eigenvalue weighted by Crippen LogP contribution is -2.41. The number of amides is 1. The molecule has 9 nitrogen and oxygen atoms in total. The SMILES string of the molecule is COc1cccc(OCCNC(=O)CN(c2ccc(OC)cc2OC)S(C)(=O)=O)c1. The largest absolute Gasteiger partial charge is 0.497 e. The zero-order chi connectivity index (χ0) is 22.1. The number of nitrogens with zero attached hydrogens (tertiary/aromatic N) is 1. The maximum Gasteiger partial charge on any atom is 0.240 e. The average molecular weight is 439 g/mol. The maximum absolute atomic E-state index is 12.3. The van der Waals surface area contributed by atoms with Crippen molar-refractivity contribution in [1.82, 2.24) is 5.32 Å². The number of ether oxygens (including phenoxy) is 4. The van der Waals surface area contributed by atoms with E-state index >= 15 is 0 Å². The second-order valence-corrected chi connectivity index (χ2v) is 8.09. The van der Waals surface area contributed by atoms with Crippen molar-refractivity contribution < 1.29 is 32.2 Å². The highest BCUT2D eigenvalue weighted by atomic mass is 32.2. The summed E-state index contributed by atoms with van der Waals surface area (Å²) in [6.45, 7) is 0.0116. The monoisotopic (exact) mass is 438 g/mol. The van der Waals surface area contributed by atoms with Crippen molar-refractivity contribution in [2.45, 2.75) is 0 Å². The minimum Gasteiger partial charge on any atom is -0.497 e. The van der Waals surface area contributed by atoms with E-state index in [-0.39, 0.29) is 24.6 Å². The Kier molecular flexibility index (Phi) is 8.16. The second kappa shape index (κ2) is 10.6. The van der Waals surface area contributed by atoms with E-state index in [1.165, 1.54) is 20.3 Å². The maximum atomic E-state index is 12.3. The minimum atomic E-state index is -3.74. The smallest absolute Gasteiger partial charge is 0.240 e. The molecule has 0 bridgehead atoms. The van der Waals surface area contributed by atoms with Crippen LogP contribution in [0.3, 0.4) is 0 Å². The standard InChI is InChI=1S/C20H26N2O7S/c1-26-15-6-5-7-17(12-15)29-11-10-21-20(23)14-22(30(4,24)25)18-9-8-16(27-2)13-19(18)28-3/h5-9,12-13H,10-11,14H2,1-4H3,(H,21,23). The van der Waals surface area contributed by atoms with Gasteiger partial charge >= 0.3 is 0 Å². The number of carbonyl (C=O) groups excluding carboxylic acids is 1. The van der Waals surface area contributed by atoms with E-state index in [4.69, 9.17) is 18.9 Å². The molecule has 1 N–H and O–H groups in total. The van der Waals surface area contributed by atoms with Gasteiger partial charge in [0.25, 0.3) is 0 Å². The quantitative estimate of drug-likeness (QED) is 0.532. The average Bonchev–Trinajstić information content (AvgIpc) is 2.74. The highest BCUT2D eigenvalue weighted by molar-refractivity contribution is 7.92. The summed E-state index contributed by atoms with van der Waals surface area (Å²) in [6, 6.07) is 11.7. The number of anilines is 1. The first kappa shape index (κ1) is 23.1. The van der Waals surface area contributed by atoms with Crippen molar-refractivity contribution in [3.8, 4) is 23.0 Å². The third-order valence-corrected chi connectivity index (χ3v) is 5.20. The number of hydrogen-bond donors (Lipinski definition) is 1. The Balaban J connectivity index is 1.99. The Morgan fingerprint density at radius 2 is 1.63 bits per heavy atom. The number of benzene rings is 2. The topological polar surface area (TPSA) is 103 Å². The fourth-order valence-electron chi connectivity index (χ4n) is 2.61. The number of hydrogen-bond acceptors (Lipinski definition) is 7. The van der Waals surface area contributed by atoms with Gasteiger partial charge in [0.2, 0.25) is 15.9 Å². The molecular weight excluding hydrogens is 412 g/mol. The van der Waals surface area contributed by atoms with Crippen LogP contribution in [-0.4, -0.2) is 61.6 Å². The van der Waals surface area contributed by atoms with Gasteiger partial charge in [-0.2, -0.15) is 0 Å². The van der Waals surface area contributed by atoms with Crippen molar-refractivity contribution in [3.05, 3.63) is 42.5 Å². The first-order valence-electron chi connectivity index (χ1n) is 9.01. The van der Waals surface area contributed by atoms with Gasteiger partial charge in [0, 0.05) is 12.1 Å². The summed E-state index contributed by atoms with van der Waals surface area (Å²) >= 11 is 0. The first-order valence-corrected chi connectivity index (χ1v) is 10.9. The summed E-state index contributed by atoms with van der Waals surface area (Å²) < 4.78 is 46.6. The van der Waals surface area contributed by atoms with Gasteiger partial charge in [-0.3, -0.25) is 9.10 Å². The first-order chi connectivity index (χ1) is 14.3. The number of rotatable bonds is 11. The Morgan fingerprint density at radius 1 is 0.967 bits per heavy atom. The third-order valence-electron chi connectivity index (χ3n) is 4.08. The molecule has 2 aromatic carbocycles. The molecule has 0 aliphatic rings. The van der Waals surface area contributed by atoms with Crippen LogP contribution in [-0.2, 0) is 14.8 Å². The van der Waals surface area contributed by atoms with Crippen LogP contribution in [0.5, 0.6) is 23.0 Å². The fraction of sp³-hybridized carbons (Fsp3) is 0.350. The molecule has 0 aliphatic carbocycles. The molecule has 10 heteroatoms. The lowest BCUT2D eigenvalue weighted by molar-refractivity contribution is -0.119. The second-order valence-electron chi connectivity index (χ2n) is 6.18. The van der Waals surface area contributed by atoms with Crippen molar-refractivity contribution in [1.29, 1.82) is 0 Å². The summed E-state index contributed by atoms with van der Waals surface area (Å²) in [7, 11) is 0.722. The lowest BCUT2D eigenvalue weighted by atomic mass is 10.2. The highest BCUT2D eigenvalue weighted by Crippen LogP contribution is 2.33. The van der Waals surface area contributed by atoms with E-state index in [1.54, 1.807) is 43.5 Å². The van der Waals surface area contributed by atoms with E-state index in [0.717, 1.165) is 10.6 Å². The van der Waals surface area contributed by atoms with E-state index in [1.807, 2.05) is 0 Å². The van der Waals surface area contributed by atoms with E-state index in [9.17, 15) is 13.2 Å². The molecule has 0 radical (unpaired) electrons. The lowest BCUT2D eigenvalue weighted by Gasteiger charge is -2.24. The molecule has 30 heavy (non-hydrogen) atoms. The number of methoxy groups -OCH3 is 3. The molecule has 0 saturated heterocycles. The summed E-state index contributed by atoms with van der Waals surface area (Å²) in [6.07, 6.45) is 1.02. The van der Waals surface area contributed by atoms with Gasteiger partial charge in [-0.25, -0.2) is 8.42 Å². The molecule has 2 aromatic rings. The Morgan fingerprint density at radius 3 is 2.27 bits per heavy atom. The molecule has 0 heterocycles. The van der Waals surface area contributed by atoms with Crippen LogP contribution in [0.4, 0.5) is 5.69 Å². The van der Waals surface area contributed by atoms with Crippen LogP contribution in [0.2, 0.25) is 0 Å².